The summed E-state index contributed by atoms with van der Waals surface area (Å²) in [5.74, 6) is 0.745. The van der Waals surface area contributed by atoms with Crippen molar-refractivity contribution in [3.05, 3.63) is 44.9 Å². The van der Waals surface area contributed by atoms with Crippen LogP contribution in [0.15, 0.2) is 34.8 Å². The van der Waals surface area contributed by atoms with E-state index in [1.165, 1.54) is 24.3 Å². The SMILES string of the molecule is Nc1ccc(Oc2cccc([N+](=O)[O-])c2Br)nn1. The van der Waals surface area contributed by atoms with Crippen molar-refractivity contribution in [2.24, 2.45) is 0 Å². The molecule has 0 spiro atoms. The molecule has 0 aliphatic rings. The van der Waals surface area contributed by atoms with E-state index in [9.17, 15) is 10.1 Å². The number of rotatable bonds is 3. The van der Waals surface area contributed by atoms with Crippen LogP contribution in [0.4, 0.5) is 11.5 Å². The molecule has 18 heavy (non-hydrogen) atoms. The first-order chi connectivity index (χ1) is 8.58. The summed E-state index contributed by atoms with van der Waals surface area (Å²) in [7, 11) is 0. The molecule has 92 valence electrons. The number of nitro groups is 1. The third-order valence-electron chi connectivity index (χ3n) is 2.01. The van der Waals surface area contributed by atoms with Crippen LogP contribution >= 0.6 is 15.9 Å². The van der Waals surface area contributed by atoms with E-state index in [4.69, 9.17) is 10.5 Å². The molecule has 2 N–H and O–H groups in total. The van der Waals surface area contributed by atoms with Crippen molar-refractivity contribution in [2.75, 3.05) is 5.73 Å². The minimum Gasteiger partial charge on any atom is -0.436 e. The van der Waals surface area contributed by atoms with Gasteiger partial charge in [0.05, 0.1) is 4.92 Å². The molecule has 1 aromatic heterocycles. The maximum Gasteiger partial charge on any atom is 0.287 e. The summed E-state index contributed by atoms with van der Waals surface area (Å²) >= 11 is 3.11. The Morgan fingerprint density at radius 2 is 2.06 bits per heavy atom. The summed E-state index contributed by atoms with van der Waals surface area (Å²) < 4.78 is 5.62. The van der Waals surface area contributed by atoms with E-state index >= 15 is 0 Å². The van der Waals surface area contributed by atoms with Gasteiger partial charge >= 0.3 is 0 Å². The van der Waals surface area contributed by atoms with Gasteiger partial charge in [0.15, 0.2) is 5.75 Å². The standard InChI is InChI=1S/C10H7BrN4O3/c11-10-6(15(16)17)2-1-3-7(10)18-9-5-4-8(12)13-14-9/h1-5H,(H2,12,13). The Labute approximate surface area is 110 Å². The first-order valence-corrected chi connectivity index (χ1v) is 5.57. The van der Waals surface area contributed by atoms with Crippen LogP contribution in [0.2, 0.25) is 0 Å². The number of aromatic nitrogens is 2. The van der Waals surface area contributed by atoms with E-state index in [0.717, 1.165) is 0 Å². The normalized spacial score (nSPS) is 10.1. The van der Waals surface area contributed by atoms with Gasteiger partial charge in [0.2, 0.25) is 5.88 Å². The summed E-state index contributed by atoms with van der Waals surface area (Å²) in [6, 6.07) is 7.50. The molecular weight excluding hydrogens is 304 g/mol. The van der Waals surface area contributed by atoms with E-state index in [1.54, 1.807) is 6.07 Å². The molecule has 0 unspecified atom stereocenters. The van der Waals surface area contributed by atoms with Crippen LogP contribution in [-0.4, -0.2) is 15.1 Å². The third-order valence-corrected chi connectivity index (χ3v) is 2.81. The van der Waals surface area contributed by atoms with E-state index in [-0.39, 0.29) is 27.6 Å². The van der Waals surface area contributed by atoms with Crippen LogP contribution in [0, 0.1) is 10.1 Å². The van der Waals surface area contributed by atoms with Crippen molar-refractivity contribution >= 4 is 27.4 Å². The topological polar surface area (TPSA) is 104 Å². The van der Waals surface area contributed by atoms with Crippen molar-refractivity contribution in [1.29, 1.82) is 0 Å². The summed E-state index contributed by atoms with van der Waals surface area (Å²) in [4.78, 5) is 10.2. The number of halogens is 1. The Kier molecular flexibility index (Phi) is 3.38. The average molecular weight is 311 g/mol. The number of hydrogen-bond donors (Lipinski definition) is 1. The highest BCUT2D eigenvalue weighted by atomic mass is 79.9. The lowest BCUT2D eigenvalue weighted by Crippen LogP contribution is -1.96. The van der Waals surface area contributed by atoms with Gasteiger partial charge in [-0.15, -0.1) is 10.2 Å². The molecule has 0 saturated carbocycles. The molecule has 1 heterocycles. The minimum absolute atomic E-state index is 0.0871. The molecule has 0 atom stereocenters. The van der Waals surface area contributed by atoms with Gasteiger partial charge in [0.1, 0.15) is 10.3 Å². The predicted octanol–water partition coefficient (Wildman–Crippen LogP) is 2.52. The molecule has 0 aliphatic carbocycles. The highest BCUT2D eigenvalue weighted by Crippen LogP contribution is 2.35. The number of nitrogens with two attached hydrogens (primary N) is 1. The van der Waals surface area contributed by atoms with Gasteiger partial charge in [-0.1, -0.05) is 6.07 Å². The van der Waals surface area contributed by atoms with Gasteiger partial charge in [-0.05, 0) is 28.1 Å². The molecule has 1 aromatic carbocycles. The zero-order valence-corrected chi connectivity index (χ0v) is 10.5. The first kappa shape index (κ1) is 12.2. The molecule has 0 fully saturated rings. The Hall–Kier alpha value is -2.22. The van der Waals surface area contributed by atoms with Gasteiger partial charge in [-0.25, -0.2) is 0 Å². The van der Waals surface area contributed by atoms with Crippen molar-refractivity contribution < 1.29 is 9.66 Å². The molecule has 8 heteroatoms. The monoisotopic (exact) mass is 310 g/mol. The fourth-order valence-corrected chi connectivity index (χ4v) is 1.71. The smallest absolute Gasteiger partial charge is 0.287 e. The van der Waals surface area contributed by atoms with Crippen molar-refractivity contribution in [2.45, 2.75) is 0 Å². The molecule has 0 aliphatic heterocycles. The number of hydrogen-bond acceptors (Lipinski definition) is 6. The molecule has 0 radical (unpaired) electrons. The fraction of sp³-hybridized carbons (Fsp3) is 0. The number of nitrogens with zero attached hydrogens (tertiary/aromatic N) is 3. The molecule has 0 bridgehead atoms. The number of benzene rings is 1. The van der Waals surface area contributed by atoms with Crippen LogP contribution in [-0.2, 0) is 0 Å². The van der Waals surface area contributed by atoms with Crippen LogP contribution in [0.25, 0.3) is 0 Å². The number of nitro benzene ring substituents is 1. The zero-order chi connectivity index (χ0) is 13.1. The van der Waals surface area contributed by atoms with Crippen LogP contribution in [0.5, 0.6) is 11.6 Å². The zero-order valence-electron chi connectivity index (χ0n) is 8.91. The average Bonchev–Trinajstić information content (AvgIpc) is 2.34. The van der Waals surface area contributed by atoms with Gasteiger partial charge in [-0.3, -0.25) is 10.1 Å². The summed E-state index contributed by atoms with van der Waals surface area (Å²) in [5.41, 5.74) is 5.30. The molecule has 0 saturated heterocycles. The van der Waals surface area contributed by atoms with Crippen LogP contribution in [0.1, 0.15) is 0 Å². The second-order valence-electron chi connectivity index (χ2n) is 3.24. The molecule has 7 nitrogen and oxygen atoms in total. The number of nitrogen functional groups attached to an aromatic ring is 1. The van der Waals surface area contributed by atoms with E-state index in [1.807, 2.05) is 0 Å². The summed E-state index contributed by atoms with van der Waals surface area (Å²) in [6.07, 6.45) is 0. The van der Waals surface area contributed by atoms with Gasteiger partial charge in [-0.2, -0.15) is 0 Å². The first-order valence-electron chi connectivity index (χ1n) is 4.78. The van der Waals surface area contributed by atoms with E-state index < -0.39 is 4.92 Å². The van der Waals surface area contributed by atoms with Gasteiger partial charge in [0.25, 0.3) is 5.69 Å². The van der Waals surface area contributed by atoms with Crippen LogP contribution < -0.4 is 10.5 Å². The lowest BCUT2D eigenvalue weighted by molar-refractivity contribution is -0.385. The predicted molar refractivity (Wildman–Crippen MR) is 67.3 cm³/mol. The Morgan fingerprint density at radius 3 is 2.67 bits per heavy atom. The third kappa shape index (κ3) is 2.54. The van der Waals surface area contributed by atoms with Crippen LogP contribution in [0.3, 0.4) is 0 Å². The largest absolute Gasteiger partial charge is 0.436 e. The van der Waals surface area contributed by atoms with Gasteiger partial charge in [0, 0.05) is 12.1 Å². The minimum atomic E-state index is -0.508. The maximum absolute atomic E-state index is 10.7. The van der Waals surface area contributed by atoms with E-state index in [0.29, 0.717) is 0 Å². The Balaban J connectivity index is 2.32. The summed E-state index contributed by atoms with van der Waals surface area (Å²) in [6.45, 7) is 0. The molecular formula is C10H7BrN4O3. The Morgan fingerprint density at radius 1 is 1.28 bits per heavy atom. The highest BCUT2D eigenvalue weighted by Gasteiger charge is 2.16. The second-order valence-corrected chi connectivity index (χ2v) is 4.04. The molecule has 2 aromatic rings. The van der Waals surface area contributed by atoms with Gasteiger partial charge < -0.3 is 10.5 Å². The maximum atomic E-state index is 10.7. The molecule has 0 amide bonds. The van der Waals surface area contributed by atoms with Crippen molar-refractivity contribution in [3.8, 4) is 11.6 Å². The second kappa shape index (κ2) is 4.96. The highest BCUT2D eigenvalue weighted by molar-refractivity contribution is 9.10. The quantitative estimate of drug-likeness (QED) is 0.690. The molecule has 2 rings (SSSR count). The summed E-state index contributed by atoms with van der Waals surface area (Å²) in [5, 5.41) is 18.1. The van der Waals surface area contributed by atoms with Crippen molar-refractivity contribution in [1.82, 2.24) is 10.2 Å². The van der Waals surface area contributed by atoms with Crippen molar-refractivity contribution in [3.63, 3.8) is 0 Å². The fourth-order valence-electron chi connectivity index (χ4n) is 1.22. The lowest BCUT2D eigenvalue weighted by Gasteiger charge is -2.06. The van der Waals surface area contributed by atoms with E-state index in [2.05, 4.69) is 26.1 Å². The number of ether oxygens (including phenoxy) is 1. The Bertz CT molecular complexity index is 588. The number of anilines is 1. The lowest BCUT2D eigenvalue weighted by atomic mass is 10.3.